The summed E-state index contributed by atoms with van der Waals surface area (Å²) in [6.07, 6.45) is -1.03. The average molecular weight is 365 g/mol. The number of hydrogen-bond acceptors (Lipinski definition) is 5. The van der Waals surface area contributed by atoms with Gasteiger partial charge in [0.05, 0.1) is 5.39 Å². The minimum atomic E-state index is -1.03. The molecule has 3 rings (SSSR count). The summed E-state index contributed by atoms with van der Waals surface area (Å²) >= 11 is 0. The maximum Gasteiger partial charge on any atom is 0.360 e. The SMILES string of the molecule is Cc1cccc(NC(=O)C(C)OC(=O)c2nn(C)c(=O)c3ccccc23)c1. The van der Waals surface area contributed by atoms with Crippen LogP contribution in [-0.2, 0) is 16.6 Å². The van der Waals surface area contributed by atoms with Crippen LogP contribution < -0.4 is 10.9 Å². The van der Waals surface area contributed by atoms with E-state index in [9.17, 15) is 14.4 Å². The van der Waals surface area contributed by atoms with Gasteiger partial charge in [-0.05, 0) is 37.6 Å². The van der Waals surface area contributed by atoms with Crippen molar-refractivity contribution in [1.82, 2.24) is 9.78 Å². The number of esters is 1. The van der Waals surface area contributed by atoms with E-state index in [2.05, 4.69) is 10.4 Å². The molecule has 138 valence electrons. The van der Waals surface area contributed by atoms with Crippen molar-refractivity contribution in [3.8, 4) is 0 Å². The molecular weight excluding hydrogens is 346 g/mol. The highest BCUT2D eigenvalue weighted by atomic mass is 16.5. The smallest absolute Gasteiger partial charge is 0.360 e. The molecule has 1 heterocycles. The van der Waals surface area contributed by atoms with Gasteiger partial charge in [0.1, 0.15) is 0 Å². The molecule has 7 nitrogen and oxygen atoms in total. The van der Waals surface area contributed by atoms with Crippen molar-refractivity contribution < 1.29 is 14.3 Å². The second-order valence-corrected chi connectivity index (χ2v) is 6.23. The Bertz CT molecular complexity index is 1090. The molecule has 1 aromatic heterocycles. The van der Waals surface area contributed by atoms with Gasteiger partial charge in [-0.1, -0.05) is 30.3 Å². The van der Waals surface area contributed by atoms with E-state index in [0.717, 1.165) is 10.2 Å². The van der Waals surface area contributed by atoms with Gasteiger partial charge >= 0.3 is 5.97 Å². The summed E-state index contributed by atoms with van der Waals surface area (Å²) in [4.78, 5) is 37.0. The average Bonchev–Trinajstić information content (AvgIpc) is 2.64. The Balaban J connectivity index is 1.81. The molecule has 7 heteroatoms. The quantitative estimate of drug-likeness (QED) is 0.717. The fourth-order valence-corrected chi connectivity index (χ4v) is 2.69. The van der Waals surface area contributed by atoms with Crippen molar-refractivity contribution in [2.45, 2.75) is 20.0 Å². The maximum absolute atomic E-state index is 12.6. The lowest BCUT2D eigenvalue weighted by Gasteiger charge is -2.14. The first-order valence-corrected chi connectivity index (χ1v) is 8.41. The van der Waals surface area contributed by atoms with Gasteiger partial charge < -0.3 is 10.1 Å². The third-order valence-electron chi connectivity index (χ3n) is 4.09. The van der Waals surface area contributed by atoms with Crippen molar-refractivity contribution in [2.24, 2.45) is 7.05 Å². The van der Waals surface area contributed by atoms with Crippen LogP contribution in [0.25, 0.3) is 10.8 Å². The van der Waals surface area contributed by atoms with Crippen LogP contribution in [0.1, 0.15) is 23.0 Å². The molecule has 0 bridgehead atoms. The monoisotopic (exact) mass is 365 g/mol. The third kappa shape index (κ3) is 3.87. The summed E-state index contributed by atoms with van der Waals surface area (Å²) < 4.78 is 6.35. The van der Waals surface area contributed by atoms with Crippen LogP contribution in [0.2, 0.25) is 0 Å². The summed E-state index contributed by atoms with van der Waals surface area (Å²) in [5, 5.41) is 7.46. The van der Waals surface area contributed by atoms with Crippen LogP contribution in [0.4, 0.5) is 5.69 Å². The normalized spacial score (nSPS) is 11.8. The number of amides is 1. The molecule has 1 N–H and O–H groups in total. The standard InChI is InChI=1S/C20H19N3O4/c1-12-7-6-8-14(11-12)21-18(24)13(2)27-20(26)17-15-9-4-5-10-16(15)19(25)23(3)22-17/h4-11,13H,1-3H3,(H,21,24). The molecule has 0 aliphatic heterocycles. The molecule has 0 aliphatic carbocycles. The Hall–Kier alpha value is -3.48. The molecule has 2 aromatic carbocycles. The van der Waals surface area contributed by atoms with Crippen molar-refractivity contribution >= 4 is 28.3 Å². The number of nitrogens with zero attached hydrogens (tertiary/aromatic N) is 2. The summed E-state index contributed by atoms with van der Waals surface area (Å²) in [7, 11) is 1.46. The number of benzene rings is 2. The van der Waals surface area contributed by atoms with E-state index in [0.29, 0.717) is 16.5 Å². The molecular formula is C20H19N3O4. The summed E-state index contributed by atoms with van der Waals surface area (Å²) in [6, 6.07) is 13.9. The molecule has 0 radical (unpaired) electrons. The Morgan fingerprint density at radius 3 is 2.52 bits per heavy atom. The maximum atomic E-state index is 12.6. The van der Waals surface area contributed by atoms with Crippen LogP contribution in [0.3, 0.4) is 0 Å². The first-order chi connectivity index (χ1) is 12.9. The molecule has 0 saturated carbocycles. The largest absolute Gasteiger partial charge is 0.448 e. The Labute approximate surface area is 155 Å². The number of aryl methyl sites for hydroxylation is 2. The molecule has 3 aromatic rings. The molecule has 0 spiro atoms. The van der Waals surface area contributed by atoms with Gasteiger partial charge in [0.15, 0.2) is 11.8 Å². The van der Waals surface area contributed by atoms with Crippen LogP contribution in [0, 0.1) is 6.92 Å². The molecule has 0 saturated heterocycles. The number of carbonyl (C=O) groups excluding carboxylic acids is 2. The number of ether oxygens (including phenoxy) is 1. The van der Waals surface area contributed by atoms with Crippen molar-refractivity contribution in [3.05, 3.63) is 70.1 Å². The lowest BCUT2D eigenvalue weighted by atomic mass is 10.1. The van der Waals surface area contributed by atoms with Gasteiger partial charge in [-0.2, -0.15) is 5.10 Å². The van der Waals surface area contributed by atoms with Crippen LogP contribution in [-0.4, -0.2) is 27.8 Å². The zero-order valence-corrected chi connectivity index (χ0v) is 15.2. The fourth-order valence-electron chi connectivity index (χ4n) is 2.69. The Kier molecular flexibility index (Phi) is 5.03. The summed E-state index contributed by atoms with van der Waals surface area (Å²) in [5.41, 5.74) is 1.29. The number of fused-ring (bicyclic) bond motifs is 1. The van der Waals surface area contributed by atoms with Gasteiger partial charge in [-0.15, -0.1) is 0 Å². The van der Waals surface area contributed by atoms with E-state index < -0.39 is 18.0 Å². The zero-order valence-electron chi connectivity index (χ0n) is 15.2. The highest BCUT2D eigenvalue weighted by Crippen LogP contribution is 2.15. The van der Waals surface area contributed by atoms with Crippen LogP contribution in [0.5, 0.6) is 0 Å². The molecule has 27 heavy (non-hydrogen) atoms. The predicted octanol–water partition coefficient (Wildman–Crippen LogP) is 2.43. The number of anilines is 1. The highest BCUT2D eigenvalue weighted by molar-refractivity contribution is 6.03. The second-order valence-electron chi connectivity index (χ2n) is 6.23. The first-order valence-electron chi connectivity index (χ1n) is 8.41. The van der Waals surface area contributed by atoms with E-state index in [1.165, 1.54) is 14.0 Å². The van der Waals surface area contributed by atoms with Gasteiger partial charge in [0, 0.05) is 18.1 Å². The topological polar surface area (TPSA) is 90.3 Å². The molecule has 1 amide bonds. The van der Waals surface area contributed by atoms with E-state index in [1.807, 2.05) is 25.1 Å². The molecule has 1 unspecified atom stereocenters. The van der Waals surface area contributed by atoms with Crippen LogP contribution >= 0.6 is 0 Å². The number of carbonyl (C=O) groups is 2. The number of aromatic nitrogens is 2. The summed E-state index contributed by atoms with van der Waals surface area (Å²) in [5.74, 6) is -1.23. The van der Waals surface area contributed by atoms with E-state index in [-0.39, 0.29) is 11.3 Å². The van der Waals surface area contributed by atoms with E-state index >= 15 is 0 Å². The zero-order chi connectivity index (χ0) is 19.6. The van der Waals surface area contributed by atoms with Crippen molar-refractivity contribution in [1.29, 1.82) is 0 Å². The highest BCUT2D eigenvalue weighted by Gasteiger charge is 2.23. The number of rotatable bonds is 4. The van der Waals surface area contributed by atoms with Gasteiger partial charge in [0.25, 0.3) is 11.5 Å². The van der Waals surface area contributed by atoms with Gasteiger partial charge in [0.2, 0.25) is 0 Å². The molecule has 1 atom stereocenters. The number of hydrogen-bond donors (Lipinski definition) is 1. The van der Waals surface area contributed by atoms with Crippen molar-refractivity contribution in [3.63, 3.8) is 0 Å². The van der Waals surface area contributed by atoms with Crippen molar-refractivity contribution in [2.75, 3.05) is 5.32 Å². The lowest BCUT2D eigenvalue weighted by Crippen LogP contribution is -2.31. The molecule has 0 aliphatic rings. The Morgan fingerprint density at radius 2 is 1.81 bits per heavy atom. The number of nitrogens with one attached hydrogen (secondary N) is 1. The Morgan fingerprint density at radius 1 is 1.11 bits per heavy atom. The minimum Gasteiger partial charge on any atom is -0.448 e. The minimum absolute atomic E-state index is 0.0112. The second kappa shape index (κ2) is 7.41. The van der Waals surface area contributed by atoms with Gasteiger partial charge in [-0.3, -0.25) is 9.59 Å². The van der Waals surface area contributed by atoms with E-state index in [1.54, 1.807) is 30.3 Å². The third-order valence-corrected chi connectivity index (χ3v) is 4.09. The fraction of sp³-hybridized carbons (Fsp3) is 0.200. The van der Waals surface area contributed by atoms with Gasteiger partial charge in [-0.25, -0.2) is 9.48 Å². The first kappa shape index (κ1) is 18.3. The lowest BCUT2D eigenvalue weighted by molar-refractivity contribution is -0.123. The van der Waals surface area contributed by atoms with E-state index in [4.69, 9.17) is 4.74 Å². The predicted molar refractivity (Wildman–Crippen MR) is 102 cm³/mol. The summed E-state index contributed by atoms with van der Waals surface area (Å²) in [6.45, 7) is 3.39. The molecule has 0 fully saturated rings. The van der Waals surface area contributed by atoms with Crippen LogP contribution in [0.15, 0.2) is 53.3 Å².